The summed E-state index contributed by atoms with van der Waals surface area (Å²) in [4.78, 5) is 0. The molecule has 186 valence electrons. The van der Waals surface area contributed by atoms with Crippen LogP contribution in [0, 0.1) is 0 Å². The van der Waals surface area contributed by atoms with E-state index in [-0.39, 0.29) is 12.5 Å². The zero-order valence-corrected chi connectivity index (χ0v) is 17.4. The first kappa shape index (κ1) is 28.3. The molecule has 0 radical (unpaired) electrons. The van der Waals surface area contributed by atoms with Crippen LogP contribution < -0.4 is 0 Å². The molecule has 0 aromatic rings. The number of alkyl halides is 9. The van der Waals surface area contributed by atoms with Gasteiger partial charge in [-0.25, -0.2) is 0 Å². The zero-order valence-electron chi connectivity index (χ0n) is 17.4. The van der Waals surface area contributed by atoms with Gasteiger partial charge in [-0.2, -0.15) is 39.5 Å². The number of unbranched alkanes of at least 4 members (excludes halogenated alkanes) is 7. The summed E-state index contributed by atoms with van der Waals surface area (Å²) >= 11 is 0. The third kappa shape index (κ3) is 8.63. The molecule has 2 nitrogen and oxygen atoms in total. The van der Waals surface area contributed by atoms with Crippen molar-refractivity contribution in [1.82, 2.24) is 0 Å². The third-order valence-corrected chi connectivity index (χ3v) is 5.32. The van der Waals surface area contributed by atoms with Crippen molar-refractivity contribution in [3.63, 3.8) is 0 Å². The van der Waals surface area contributed by atoms with Crippen molar-refractivity contribution in [3.05, 3.63) is 0 Å². The minimum atomic E-state index is -6.79. The Morgan fingerprint density at radius 2 is 1.23 bits per heavy atom. The molecule has 1 atom stereocenters. The predicted molar refractivity (Wildman–Crippen MR) is 96.9 cm³/mol. The van der Waals surface area contributed by atoms with Gasteiger partial charge in [0.05, 0.1) is 12.7 Å². The van der Waals surface area contributed by atoms with Gasteiger partial charge in [0.25, 0.3) is 0 Å². The van der Waals surface area contributed by atoms with Gasteiger partial charge in [-0.05, 0) is 32.1 Å². The molecule has 31 heavy (non-hydrogen) atoms. The summed E-state index contributed by atoms with van der Waals surface area (Å²) in [6.45, 7) is 1.97. The van der Waals surface area contributed by atoms with Crippen LogP contribution in [0.2, 0.25) is 0 Å². The number of hydrogen-bond donors (Lipinski definition) is 0. The fourth-order valence-corrected chi connectivity index (χ4v) is 3.33. The van der Waals surface area contributed by atoms with E-state index in [2.05, 4.69) is 0 Å². The second-order valence-electron chi connectivity index (χ2n) is 7.99. The quantitative estimate of drug-likeness (QED) is 0.180. The SMILES string of the molecule is FC(F)(F)C(F)(F)C(F)(F)C(F)(F)CCCCCCCCCCOCC1CCCCO1. The highest BCUT2D eigenvalue weighted by Crippen LogP contribution is 2.54. The molecule has 0 N–H and O–H groups in total. The van der Waals surface area contributed by atoms with Crippen molar-refractivity contribution in [2.75, 3.05) is 19.8 Å². The molecule has 0 bridgehead atoms. The Hall–Kier alpha value is -0.710. The van der Waals surface area contributed by atoms with Gasteiger partial charge in [-0.1, -0.05) is 38.5 Å². The van der Waals surface area contributed by atoms with E-state index in [1.807, 2.05) is 0 Å². The van der Waals surface area contributed by atoms with E-state index >= 15 is 0 Å². The fourth-order valence-electron chi connectivity index (χ4n) is 3.33. The largest absolute Gasteiger partial charge is 0.460 e. The maximum absolute atomic E-state index is 13.4. The van der Waals surface area contributed by atoms with Gasteiger partial charge >= 0.3 is 23.9 Å². The van der Waals surface area contributed by atoms with Gasteiger partial charge in [0.2, 0.25) is 0 Å². The molecule has 0 spiro atoms. The highest BCUT2D eigenvalue weighted by atomic mass is 19.4. The van der Waals surface area contributed by atoms with Crippen LogP contribution in [0.1, 0.15) is 77.0 Å². The maximum atomic E-state index is 13.4. The molecule has 1 unspecified atom stereocenters. The minimum Gasteiger partial charge on any atom is -0.379 e. The average molecular weight is 474 g/mol. The van der Waals surface area contributed by atoms with Crippen LogP contribution in [0.4, 0.5) is 39.5 Å². The first-order valence-electron chi connectivity index (χ1n) is 10.7. The Kier molecular flexibility index (Phi) is 11.4. The zero-order chi connectivity index (χ0) is 23.6. The lowest BCUT2D eigenvalue weighted by Crippen LogP contribution is -2.60. The first-order valence-corrected chi connectivity index (χ1v) is 10.7. The monoisotopic (exact) mass is 474 g/mol. The summed E-state index contributed by atoms with van der Waals surface area (Å²) in [5.41, 5.74) is 0. The van der Waals surface area contributed by atoms with E-state index in [1.54, 1.807) is 0 Å². The molecule has 0 aliphatic carbocycles. The molecular weight excluding hydrogens is 443 g/mol. The molecule has 11 heteroatoms. The lowest BCUT2D eigenvalue weighted by atomic mass is 9.97. The van der Waals surface area contributed by atoms with E-state index < -0.39 is 36.8 Å². The van der Waals surface area contributed by atoms with Gasteiger partial charge in [0, 0.05) is 19.6 Å². The summed E-state index contributed by atoms with van der Waals surface area (Å²) in [7, 11) is 0. The number of rotatable bonds is 15. The van der Waals surface area contributed by atoms with Crippen LogP contribution >= 0.6 is 0 Å². The van der Waals surface area contributed by atoms with Crippen molar-refractivity contribution in [2.24, 2.45) is 0 Å². The molecule has 1 aliphatic rings. The average Bonchev–Trinajstić information content (AvgIpc) is 2.68. The van der Waals surface area contributed by atoms with Gasteiger partial charge in [-0.3, -0.25) is 0 Å². The number of ether oxygens (including phenoxy) is 2. The first-order chi connectivity index (χ1) is 14.3. The van der Waals surface area contributed by atoms with Crippen LogP contribution in [0.3, 0.4) is 0 Å². The van der Waals surface area contributed by atoms with Crippen LogP contribution in [0.25, 0.3) is 0 Å². The molecule has 0 saturated carbocycles. The molecule has 0 aromatic carbocycles. The van der Waals surface area contributed by atoms with Crippen LogP contribution in [-0.4, -0.2) is 49.9 Å². The molecule has 1 aliphatic heterocycles. The highest BCUT2D eigenvalue weighted by molar-refractivity contribution is 5.00. The highest BCUT2D eigenvalue weighted by Gasteiger charge is 2.81. The van der Waals surface area contributed by atoms with Crippen LogP contribution in [0.5, 0.6) is 0 Å². The van der Waals surface area contributed by atoms with E-state index in [0.29, 0.717) is 26.1 Å². The molecule has 1 rings (SSSR count). The normalized spacial score (nSPS) is 19.1. The van der Waals surface area contributed by atoms with Gasteiger partial charge < -0.3 is 9.47 Å². The Bertz CT molecular complexity index is 490. The van der Waals surface area contributed by atoms with E-state index in [9.17, 15) is 39.5 Å². The summed E-state index contributed by atoms with van der Waals surface area (Å²) in [5.74, 6) is -18.7. The number of hydrogen-bond acceptors (Lipinski definition) is 2. The Morgan fingerprint density at radius 1 is 0.677 bits per heavy atom. The van der Waals surface area contributed by atoms with Gasteiger partial charge in [0.15, 0.2) is 0 Å². The molecule has 0 amide bonds. The molecule has 1 saturated heterocycles. The van der Waals surface area contributed by atoms with Gasteiger partial charge in [-0.15, -0.1) is 0 Å². The molecular formula is C20H31F9O2. The summed E-state index contributed by atoms with van der Waals surface area (Å²) in [5, 5.41) is 0. The summed E-state index contributed by atoms with van der Waals surface area (Å²) < 4.78 is 126. The summed E-state index contributed by atoms with van der Waals surface area (Å²) in [6.07, 6.45) is -1.12. The van der Waals surface area contributed by atoms with Crippen molar-refractivity contribution >= 4 is 0 Å². The smallest absolute Gasteiger partial charge is 0.379 e. The maximum Gasteiger partial charge on any atom is 0.460 e. The lowest BCUT2D eigenvalue weighted by Gasteiger charge is -2.33. The molecule has 1 heterocycles. The van der Waals surface area contributed by atoms with Crippen molar-refractivity contribution in [1.29, 1.82) is 0 Å². The van der Waals surface area contributed by atoms with E-state index in [0.717, 1.165) is 51.6 Å². The minimum absolute atomic E-state index is 0.0494. The lowest BCUT2D eigenvalue weighted by molar-refractivity contribution is -0.396. The van der Waals surface area contributed by atoms with E-state index in [1.165, 1.54) is 0 Å². The Morgan fingerprint density at radius 3 is 1.74 bits per heavy atom. The number of halogens is 9. The third-order valence-electron chi connectivity index (χ3n) is 5.32. The van der Waals surface area contributed by atoms with Crippen molar-refractivity contribution < 1.29 is 49.0 Å². The Labute approximate surface area is 176 Å². The van der Waals surface area contributed by atoms with Crippen molar-refractivity contribution in [3.8, 4) is 0 Å². The standard InChI is InChI=1S/C20H31F9O2/c21-17(22,18(23,24)19(25,26)20(27,28)29)12-8-5-3-1-2-4-6-9-13-30-15-16-11-7-10-14-31-16/h16H,1-15H2. The second-order valence-corrected chi connectivity index (χ2v) is 7.99. The van der Waals surface area contributed by atoms with Crippen molar-refractivity contribution in [2.45, 2.75) is 107 Å². The topological polar surface area (TPSA) is 18.5 Å². The van der Waals surface area contributed by atoms with Gasteiger partial charge in [0.1, 0.15) is 0 Å². The van der Waals surface area contributed by atoms with E-state index in [4.69, 9.17) is 9.47 Å². The predicted octanol–water partition coefficient (Wildman–Crippen LogP) is 7.55. The Balaban J connectivity index is 2.07. The fraction of sp³-hybridized carbons (Fsp3) is 1.00. The van der Waals surface area contributed by atoms with Crippen LogP contribution in [-0.2, 0) is 9.47 Å². The van der Waals surface area contributed by atoms with Crippen LogP contribution in [0.15, 0.2) is 0 Å². The summed E-state index contributed by atoms with van der Waals surface area (Å²) in [6, 6.07) is 0. The second kappa shape index (κ2) is 12.5. The molecule has 1 fully saturated rings. The molecule has 0 aromatic heterocycles.